The third kappa shape index (κ3) is 4.16. The molecule has 5 heteroatoms. The van der Waals surface area contributed by atoms with Crippen LogP contribution in [-0.2, 0) is 6.42 Å². The van der Waals surface area contributed by atoms with Gasteiger partial charge in [-0.1, -0.05) is 56.3 Å². The van der Waals surface area contributed by atoms with E-state index in [0.29, 0.717) is 28.0 Å². The summed E-state index contributed by atoms with van der Waals surface area (Å²) in [6.07, 6.45) is 7.64. The van der Waals surface area contributed by atoms with Gasteiger partial charge < -0.3 is 15.3 Å². The number of benzene rings is 2. The van der Waals surface area contributed by atoms with Gasteiger partial charge in [-0.25, -0.2) is 4.79 Å². The van der Waals surface area contributed by atoms with Crippen LogP contribution in [0.1, 0.15) is 69.3 Å². The zero-order valence-corrected chi connectivity index (χ0v) is 20.7. The fourth-order valence-corrected chi connectivity index (χ4v) is 7.39. The molecule has 0 unspecified atom stereocenters. The molecule has 3 N–H and O–H groups in total. The molecule has 2 aliphatic carbocycles. The average Bonchev–Trinajstić information content (AvgIpc) is 2.76. The van der Waals surface area contributed by atoms with Gasteiger partial charge in [-0.15, -0.1) is 0 Å². The topological polar surface area (TPSA) is 77.8 Å². The summed E-state index contributed by atoms with van der Waals surface area (Å²) >= 11 is 1.18. The molecule has 4 atom stereocenters. The minimum atomic E-state index is -1.01. The normalized spacial score (nSPS) is 29.3. The van der Waals surface area contributed by atoms with Crippen molar-refractivity contribution < 1.29 is 20.1 Å². The highest BCUT2D eigenvalue weighted by atomic mass is 32.2. The molecule has 0 saturated heterocycles. The Morgan fingerprint density at radius 2 is 1.85 bits per heavy atom. The third-order valence-electron chi connectivity index (χ3n) is 8.64. The predicted octanol–water partition coefficient (Wildman–Crippen LogP) is 7.29. The van der Waals surface area contributed by atoms with Gasteiger partial charge >= 0.3 is 5.97 Å². The van der Waals surface area contributed by atoms with Gasteiger partial charge in [-0.05, 0) is 91.5 Å². The van der Waals surface area contributed by atoms with Crippen LogP contribution in [0.25, 0.3) is 0 Å². The Morgan fingerprint density at radius 1 is 1.12 bits per heavy atom. The van der Waals surface area contributed by atoms with E-state index >= 15 is 0 Å². The molecule has 4 nitrogen and oxygen atoms in total. The molecular weight excluding hydrogens is 432 g/mol. The van der Waals surface area contributed by atoms with Crippen molar-refractivity contribution in [1.82, 2.24) is 0 Å². The molecule has 1 fully saturated rings. The van der Waals surface area contributed by atoms with Crippen molar-refractivity contribution in [3.8, 4) is 11.5 Å². The molecule has 1 saturated carbocycles. The summed E-state index contributed by atoms with van der Waals surface area (Å²) in [5, 5.41) is 31.3. The van der Waals surface area contributed by atoms with Crippen molar-refractivity contribution >= 4 is 17.7 Å². The van der Waals surface area contributed by atoms with Gasteiger partial charge in [-0.3, -0.25) is 0 Å². The highest BCUT2D eigenvalue weighted by Gasteiger charge is 2.53. The van der Waals surface area contributed by atoms with Crippen LogP contribution >= 0.6 is 11.8 Å². The summed E-state index contributed by atoms with van der Waals surface area (Å²) in [6.45, 7) is 9.35. The zero-order valence-electron chi connectivity index (χ0n) is 19.9. The summed E-state index contributed by atoms with van der Waals surface area (Å²) < 4.78 is 0. The molecule has 0 aliphatic heterocycles. The molecule has 0 bridgehead atoms. The van der Waals surface area contributed by atoms with E-state index in [9.17, 15) is 20.1 Å². The number of carboxylic acid groups (broad SMARTS) is 1. The van der Waals surface area contributed by atoms with Crippen LogP contribution in [0.4, 0.5) is 0 Å². The van der Waals surface area contributed by atoms with Crippen molar-refractivity contribution in [2.45, 2.75) is 69.6 Å². The lowest BCUT2D eigenvalue weighted by molar-refractivity contribution is -0.0412. The van der Waals surface area contributed by atoms with Gasteiger partial charge in [0.25, 0.3) is 0 Å². The Balaban J connectivity index is 1.71. The SMILES string of the molecule is CC1=CCC[C@H]2[C@](C)(Cc3cc(O)cc(Sc4ccccc4C(=O)O)c3O)[C@@H](C)CC[C@]12C. The number of rotatable bonds is 5. The maximum atomic E-state index is 11.6. The molecule has 0 heterocycles. The lowest BCUT2D eigenvalue weighted by atomic mass is 9.47. The van der Waals surface area contributed by atoms with Crippen LogP contribution in [0.2, 0.25) is 0 Å². The van der Waals surface area contributed by atoms with Crippen LogP contribution in [0.3, 0.4) is 0 Å². The van der Waals surface area contributed by atoms with Gasteiger partial charge in [0.15, 0.2) is 0 Å². The first-order chi connectivity index (χ1) is 15.6. The quantitative estimate of drug-likeness (QED) is 0.319. The third-order valence-corrected chi connectivity index (χ3v) is 9.75. The molecule has 2 aromatic rings. The van der Waals surface area contributed by atoms with Gasteiger partial charge in [-0.2, -0.15) is 0 Å². The molecule has 2 aromatic carbocycles. The van der Waals surface area contributed by atoms with Gasteiger partial charge in [0.2, 0.25) is 0 Å². The Hall–Kier alpha value is -2.40. The van der Waals surface area contributed by atoms with Gasteiger partial charge in [0.1, 0.15) is 11.5 Å². The summed E-state index contributed by atoms with van der Waals surface area (Å²) in [7, 11) is 0. The Kier molecular flexibility index (Phi) is 6.30. The van der Waals surface area contributed by atoms with Crippen LogP contribution in [0.5, 0.6) is 11.5 Å². The second-order valence-corrected chi connectivity index (χ2v) is 11.5. The first-order valence-corrected chi connectivity index (χ1v) is 12.6. The number of phenolic OH excluding ortho intramolecular Hbond substituents is 2. The number of allylic oxidation sites excluding steroid dienone is 2. The number of hydrogen-bond acceptors (Lipinski definition) is 4. The van der Waals surface area contributed by atoms with Crippen LogP contribution in [-0.4, -0.2) is 21.3 Å². The Labute approximate surface area is 200 Å². The first kappa shape index (κ1) is 23.7. The van der Waals surface area contributed by atoms with Crippen molar-refractivity contribution in [3.63, 3.8) is 0 Å². The van der Waals surface area contributed by atoms with E-state index in [1.54, 1.807) is 30.3 Å². The monoisotopic (exact) mass is 466 g/mol. The van der Waals surface area contributed by atoms with Gasteiger partial charge in [0, 0.05) is 4.90 Å². The molecule has 2 aliphatic rings. The van der Waals surface area contributed by atoms with E-state index in [1.165, 1.54) is 29.8 Å². The molecule has 33 heavy (non-hydrogen) atoms. The minimum Gasteiger partial charge on any atom is -0.508 e. The fourth-order valence-electron chi connectivity index (χ4n) is 6.33. The van der Waals surface area contributed by atoms with Crippen molar-refractivity contribution in [3.05, 3.63) is 59.2 Å². The number of fused-ring (bicyclic) bond motifs is 1. The number of aromatic carboxylic acids is 1. The standard InChI is InChI=1S/C28H34O4S/c1-17-8-7-11-24-27(17,3)13-12-18(2)28(24,4)16-19-14-20(29)15-23(25(19)30)33-22-10-6-5-9-21(22)26(31)32/h5-6,8-10,14-15,18,24,29-30H,7,11-13,16H2,1-4H3,(H,31,32)/t18-,24+,27+,28+/m0/s1. The highest BCUT2D eigenvalue weighted by molar-refractivity contribution is 7.99. The Morgan fingerprint density at radius 3 is 2.58 bits per heavy atom. The van der Waals surface area contributed by atoms with E-state index in [2.05, 4.69) is 33.8 Å². The van der Waals surface area contributed by atoms with E-state index < -0.39 is 5.97 Å². The molecule has 0 spiro atoms. The predicted molar refractivity (Wildman–Crippen MR) is 132 cm³/mol. The smallest absolute Gasteiger partial charge is 0.336 e. The van der Waals surface area contributed by atoms with E-state index in [1.807, 2.05) is 0 Å². The maximum Gasteiger partial charge on any atom is 0.336 e. The van der Waals surface area contributed by atoms with Crippen molar-refractivity contribution in [2.75, 3.05) is 0 Å². The number of carboxylic acids is 1. The molecule has 0 aromatic heterocycles. The van der Waals surface area contributed by atoms with Gasteiger partial charge in [0.05, 0.1) is 10.5 Å². The lowest BCUT2D eigenvalue weighted by Crippen LogP contribution is -2.50. The zero-order chi connectivity index (χ0) is 24.0. The number of phenols is 2. The summed E-state index contributed by atoms with van der Waals surface area (Å²) in [4.78, 5) is 12.6. The van der Waals surface area contributed by atoms with E-state index in [0.717, 1.165) is 24.8 Å². The van der Waals surface area contributed by atoms with Crippen LogP contribution in [0, 0.1) is 22.7 Å². The largest absolute Gasteiger partial charge is 0.508 e. The number of hydrogen-bond donors (Lipinski definition) is 3. The molecular formula is C28H34O4S. The molecule has 4 rings (SSSR count). The van der Waals surface area contributed by atoms with Crippen molar-refractivity contribution in [1.29, 1.82) is 0 Å². The minimum absolute atomic E-state index is 0.0191. The number of aromatic hydroxyl groups is 2. The highest BCUT2D eigenvalue weighted by Crippen LogP contribution is 2.61. The van der Waals surface area contributed by atoms with Crippen molar-refractivity contribution in [2.24, 2.45) is 22.7 Å². The average molecular weight is 467 g/mol. The summed E-state index contributed by atoms with van der Waals surface area (Å²) in [6, 6.07) is 9.94. The fraction of sp³-hybridized carbons (Fsp3) is 0.464. The molecule has 0 amide bonds. The molecule has 176 valence electrons. The summed E-state index contributed by atoms with van der Waals surface area (Å²) in [5.74, 6) is 0.215. The second kappa shape index (κ2) is 8.75. The number of carbonyl (C=O) groups is 1. The lowest BCUT2D eigenvalue weighted by Gasteiger charge is -2.58. The van der Waals surface area contributed by atoms with E-state index in [4.69, 9.17) is 0 Å². The van der Waals surface area contributed by atoms with Crippen LogP contribution in [0.15, 0.2) is 57.8 Å². The summed E-state index contributed by atoms with van der Waals surface area (Å²) in [5.41, 5.74) is 2.55. The van der Waals surface area contributed by atoms with E-state index in [-0.39, 0.29) is 27.9 Å². The van der Waals surface area contributed by atoms with Crippen LogP contribution < -0.4 is 0 Å². The molecule has 0 radical (unpaired) electrons. The second-order valence-electron chi connectivity index (χ2n) is 10.4. The maximum absolute atomic E-state index is 11.6. The first-order valence-electron chi connectivity index (χ1n) is 11.8. The Bertz CT molecular complexity index is 1110.